The minimum atomic E-state index is -0.792. The number of carbonyl (C=O) groups is 1. The molecule has 29 heavy (non-hydrogen) atoms. The molecule has 1 aromatic carbocycles. The highest BCUT2D eigenvalue weighted by molar-refractivity contribution is 5.67. The van der Waals surface area contributed by atoms with Gasteiger partial charge in [-0.05, 0) is 24.8 Å². The lowest BCUT2D eigenvalue weighted by molar-refractivity contribution is -0.140. The maximum atomic E-state index is 11.1. The van der Waals surface area contributed by atoms with Gasteiger partial charge in [0, 0.05) is 0 Å². The van der Waals surface area contributed by atoms with Crippen molar-refractivity contribution in [3.63, 3.8) is 0 Å². The molecule has 0 amide bonds. The van der Waals surface area contributed by atoms with Crippen LogP contribution in [0.15, 0.2) is 30.3 Å². The van der Waals surface area contributed by atoms with Gasteiger partial charge in [-0.2, -0.15) is 0 Å². The molecule has 0 aliphatic rings. The molecular weight excluding hydrogens is 364 g/mol. The topological polar surface area (TPSA) is 66.8 Å². The van der Waals surface area contributed by atoms with E-state index >= 15 is 0 Å². The Labute approximate surface area is 177 Å². The number of aliphatic hydroxyl groups excluding tert-OH is 1. The molecule has 2 atom stereocenters. The molecule has 0 saturated heterocycles. The Morgan fingerprint density at radius 3 is 2.00 bits per heavy atom. The standard InChI is InChI=1S/C25H42O4/c1-2-3-10-17-23(26)18-13-7-5-4-6-8-14-19-24(20-25(27)28)29-21-22-15-11-9-12-16-22/h9,11-12,15-16,23-24,26H,2-8,10,13-14,17-21H2,1H3,(H,27,28). The zero-order chi connectivity index (χ0) is 21.2. The molecule has 0 spiro atoms. The van der Waals surface area contributed by atoms with Crippen LogP contribution in [0.25, 0.3) is 0 Å². The first-order chi connectivity index (χ1) is 14.1. The maximum Gasteiger partial charge on any atom is 0.305 e. The quantitative estimate of drug-likeness (QED) is 0.257. The number of carboxylic acid groups (broad SMARTS) is 1. The molecule has 2 N–H and O–H groups in total. The minimum absolute atomic E-state index is 0.0768. The number of ether oxygens (including phenoxy) is 1. The maximum absolute atomic E-state index is 11.1. The molecule has 1 rings (SSSR count). The summed E-state index contributed by atoms with van der Waals surface area (Å²) in [6.07, 6.45) is 14.2. The third-order valence-electron chi connectivity index (χ3n) is 5.44. The van der Waals surface area contributed by atoms with E-state index in [1.165, 1.54) is 38.5 Å². The highest BCUT2D eigenvalue weighted by Crippen LogP contribution is 2.16. The molecule has 2 unspecified atom stereocenters. The van der Waals surface area contributed by atoms with E-state index in [1.807, 2.05) is 30.3 Å². The van der Waals surface area contributed by atoms with Crippen molar-refractivity contribution in [3.05, 3.63) is 35.9 Å². The zero-order valence-electron chi connectivity index (χ0n) is 18.4. The lowest BCUT2D eigenvalue weighted by Crippen LogP contribution is -2.17. The van der Waals surface area contributed by atoms with Gasteiger partial charge in [-0.25, -0.2) is 0 Å². The molecule has 0 aliphatic heterocycles. The Morgan fingerprint density at radius 1 is 0.862 bits per heavy atom. The summed E-state index contributed by atoms with van der Waals surface area (Å²) in [6.45, 7) is 2.67. The van der Waals surface area contributed by atoms with Crippen LogP contribution >= 0.6 is 0 Å². The number of hydrogen-bond acceptors (Lipinski definition) is 3. The molecule has 0 aromatic heterocycles. The zero-order valence-corrected chi connectivity index (χ0v) is 18.4. The molecule has 0 aliphatic carbocycles. The number of aliphatic carboxylic acids is 1. The van der Waals surface area contributed by atoms with Crippen molar-refractivity contribution in [1.82, 2.24) is 0 Å². The molecule has 0 heterocycles. The Kier molecular flexibility index (Phi) is 15.4. The predicted octanol–water partition coefficient (Wildman–Crippen LogP) is 6.50. The van der Waals surface area contributed by atoms with Crippen LogP contribution in [-0.4, -0.2) is 28.4 Å². The number of unbranched alkanes of at least 4 members (excludes halogenated alkanes) is 8. The van der Waals surface area contributed by atoms with E-state index in [1.54, 1.807) is 0 Å². The second kappa shape index (κ2) is 17.5. The SMILES string of the molecule is CCCCCC(O)CCCCCCCCCC(CC(=O)O)OCc1ccccc1. The van der Waals surface area contributed by atoms with Crippen molar-refractivity contribution in [3.8, 4) is 0 Å². The molecule has 0 bridgehead atoms. The second-order valence-electron chi connectivity index (χ2n) is 8.22. The number of rotatable bonds is 19. The van der Waals surface area contributed by atoms with Gasteiger partial charge in [0.25, 0.3) is 0 Å². The van der Waals surface area contributed by atoms with Crippen LogP contribution in [0.2, 0.25) is 0 Å². The molecule has 4 nitrogen and oxygen atoms in total. The summed E-state index contributed by atoms with van der Waals surface area (Å²) in [6, 6.07) is 9.91. The van der Waals surface area contributed by atoms with Gasteiger partial charge >= 0.3 is 5.97 Å². The van der Waals surface area contributed by atoms with E-state index in [-0.39, 0.29) is 18.6 Å². The minimum Gasteiger partial charge on any atom is -0.481 e. The molecule has 4 heteroatoms. The van der Waals surface area contributed by atoms with Crippen LogP contribution in [0.3, 0.4) is 0 Å². The van der Waals surface area contributed by atoms with Gasteiger partial charge in [-0.15, -0.1) is 0 Å². The third kappa shape index (κ3) is 15.2. The lowest BCUT2D eigenvalue weighted by Gasteiger charge is -2.16. The predicted molar refractivity (Wildman–Crippen MR) is 119 cm³/mol. The number of aliphatic hydroxyl groups is 1. The van der Waals surface area contributed by atoms with Crippen molar-refractivity contribution in [1.29, 1.82) is 0 Å². The van der Waals surface area contributed by atoms with Gasteiger partial charge in [0.05, 0.1) is 25.2 Å². The Balaban J connectivity index is 2.03. The average molecular weight is 407 g/mol. The summed E-state index contributed by atoms with van der Waals surface area (Å²) in [7, 11) is 0. The fraction of sp³-hybridized carbons (Fsp3) is 0.720. The van der Waals surface area contributed by atoms with Gasteiger partial charge in [-0.3, -0.25) is 4.79 Å². The van der Waals surface area contributed by atoms with Gasteiger partial charge in [-0.1, -0.05) is 101 Å². The largest absolute Gasteiger partial charge is 0.481 e. The van der Waals surface area contributed by atoms with Crippen LogP contribution in [-0.2, 0) is 16.1 Å². The molecule has 0 saturated carbocycles. The molecule has 1 aromatic rings. The van der Waals surface area contributed by atoms with Crippen molar-refractivity contribution in [2.75, 3.05) is 0 Å². The highest BCUT2D eigenvalue weighted by atomic mass is 16.5. The summed E-state index contributed by atoms with van der Waals surface area (Å²) >= 11 is 0. The number of carboxylic acids is 1. The van der Waals surface area contributed by atoms with E-state index in [0.29, 0.717) is 6.61 Å². The van der Waals surface area contributed by atoms with E-state index in [0.717, 1.165) is 50.5 Å². The van der Waals surface area contributed by atoms with Gasteiger partial charge in [0.1, 0.15) is 0 Å². The summed E-state index contributed by atoms with van der Waals surface area (Å²) in [5.41, 5.74) is 1.08. The fourth-order valence-electron chi connectivity index (χ4n) is 3.64. The first-order valence-corrected chi connectivity index (χ1v) is 11.7. The summed E-state index contributed by atoms with van der Waals surface area (Å²) in [5.74, 6) is -0.792. The first-order valence-electron chi connectivity index (χ1n) is 11.7. The molecule has 0 fully saturated rings. The van der Waals surface area contributed by atoms with Crippen LogP contribution in [0.1, 0.15) is 102 Å². The Bertz CT molecular complexity index is 503. The van der Waals surface area contributed by atoms with Crippen molar-refractivity contribution >= 4 is 5.97 Å². The van der Waals surface area contributed by atoms with Gasteiger partial charge in [0.2, 0.25) is 0 Å². The highest BCUT2D eigenvalue weighted by Gasteiger charge is 2.13. The van der Waals surface area contributed by atoms with E-state index < -0.39 is 5.97 Å². The summed E-state index contributed by atoms with van der Waals surface area (Å²) < 4.78 is 5.85. The van der Waals surface area contributed by atoms with Gasteiger partial charge < -0.3 is 14.9 Å². The monoisotopic (exact) mass is 406 g/mol. The average Bonchev–Trinajstić information content (AvgIpc) is 2.71. The van der Waals surface area contributed by atoms with Crippen LogP contribution in [0, 0.1) is 0 Å². The summed E-state index contributed by atoms with van der Waals surface area (Å²) in [4.78, 5) is 11.1. The molecule has 0 radical (unpaired) electrons. The Hall–Kier alpha value is -1.39. The van der Waals surface area contributed by atoms with E-state index in [4.69, 9.17) is 9.84 Å². The van der Waals surface area contributed by atoms with Crippen molar-refractivity contribution in [2.24, 2.45) is 0 Å². The molecule has 166 valence electrons. The summed E-state index contributed by atoms with van der Waals surface area (Å²) in [5, 5.41) is 19.0. The Morgan fingerprint density at radius 2 is 1.41 bits per heavy atom. The first kappa shape index (κ1) is 25.6. The number of benzene rings is 1. The van der Waals surface area contributed by atoms with Crippen molar-refractivity contribution < 1.29 is 19.7 Å². The lowest BCUT2D eigenvalue weighted by atomic mass is 10.0. The molecular formula is C25H42O4. The van der Waals surface area contributed by atoms with E-state index in [2.05, 4.69) is 6.92 Å². The van der Waals surface area contributed by atoms with Crippen LogP contribution < -0.4 is 0 Å². The second-order valence-corrected chi connectivity index (χ2v) is 8.22. The van der Waals surface area contributed by atoms with Crippen LogP contribution in [0.4, 0.5) is 0 Å². The normalized spacial score (nSPS) is 13.3. The van der Waals surface area contributed by atoms with Gasteiger partial charge in [0.15, 0.2) is 0 Å². The fourth-order valence-corrected chi connectivity index (χ4v) is 3.64. The smallest absolute Gasteiger partial charge is 0.305 e. The van der Waals surface area contributed by atoms with Crippen LogP contribution in [0.5, 0.6) is 0 Å². The van der Waals surface area contributed by atoms with E-state index in [9.17, 15) is 9.90 Å². The third-order valence-corrected chi connectivity index (χ3v) is 5.44. The van der Waals surface area contributed by atoms with Crippen molar-refractivity contribution in [2.45, 2.75) is 116 Å². The number of hydrogen-bond donors (Lipinski definition) is 2.